The van der Waals surface area contributed by atoms with E-state index in [1.165, 1.54) is 72.8 Å². The molecule has 9 heteroatoms. The topological polar surface area (TPSA) is 24.7 Å². The Morgan fingerprint density at radius 2 is 0.538 bits per heavy atom. The Bertz CT molecular complexity index is 3930. The van der Waals surface area contributed by atoms with Gasteiger partial charge < -0.3 is 0 Å². The molecule has 0 aromatic heterocycles. The Morgan fingerprint density at radius 1 is 0.297 bits per heavy atom. The van der Waals surface area contributed by atoms with E-state index in [0.29, 0.717) is 0 Å². The van der Waals surface area contributed by atoms with Crippen LogP contribution < -0.4 is 20.7 Å². The number of rotatable bonds is 21. The predicted molar refractivity (Wildman–Crippen MR) is 411 cm³/mol. The van der Waals surface area contributed by atoms with Crippen molar-refractivity contribution in [2.24, 2.45) is 10.2 Å². The van der Waals surface area contributed by atoms with Gasteiger partial charge in [0.1, 0.15) is 0 Å². The van der Waals surface area contributed by atoms with Crippen LogP contribution in [0.15, 0.2) is 229 Å². The molecule has 0 heterocycles. The first-order chi connectivity index (χ1) is 43.8. The number of hydrogen-bond acceptors (Lipinski definition) is 5. The molecule has 0 fully saturated rings. The molecule has 454 valence electrons. The SMILES string of the molecule is C#Cc1ccc(N=Nc2ccc(C#Cc3ccc([Si](c4ccc(C#Cc5cccc(CSCC[Si](C)(C)C)c5)cc4)(c4ccc(C#Cc5cccc(CSCC[Si](C)(C)C)c5)cc4)c4ccc(C#Cc5cccc(CSCC[Si](C)(C)C)c5)cc4)cc3)cc2)cc1. The standard InChI is InChI=1S/C82H82N2S3Si4/c1-11-65-29-41-77(42-30-65)83-84-78-43-31-66(32-44-78)21-22-67-33-45-79(46-34-67)91(80-47-35-68(36-48-80)23-26-71-15-12-18-74(59-71)62-85-53-56-88(2,3)4,81-49-37-69(38-50-81)24-27-72-16-13-19-75(60-72)63-86-54-57-89(5,6)7)82-51-39-70(40-52-82)25-28-73-17-14-20-76(61-73)64-87-55-58-90(8,9)10/h1,12-20,29-52,59-61H,53-58,62-64H2,2-10H3. The van der Waals surface area contributed by atoms with Gasteiger partial charge in [0, 0.05) is 91.6 Å². The van der Waals surface area contributed by atoms with E-state index in [-0.39, 0.29) is 0 Å². The highest BCUT2D eigenvalue weighted by Crippen LogP contribution is 2.24. The number of thioether (sulfide) groups is 3. The van der Waals surface area contributed by atoms with Crippen molar-refractivity contribution in [3.05, 3.63) is 285 Å². The molecule has 2 nitrogen and oxygen atoms in total. The molecule has 9 aromatic carbocycles. The van der Waals surface area contributed by atoms with Crippen LogP contribution >= 0.6 is 35.3 Å². The van der Waals surface area contributed by atoms with E-state index in [1.807, 2.05) is 83.8 Å². The van der Waals surface area contributed by atoms with Crippen LogP contribution in [0.2, 0.25) is 77.1 Å². The maximum atomic E-state index is 5.54. The fourth-order valence-corrected chi connectivity index (χ4v) is 25.5. The fourth-order valence-electron chi connectivity index (χ4n) is 10.1. The highest BCUT2D eigenvalue weighted by molar-refractivity contribution is 7.99. The van der Waals surface area contributed by atoms with Crippen molar-refractivity contribution in [2.75, 3.05) is 17.3 Å². The van der Waals surface area contributed by atoms with Gasteiger partial charge in [0.2, 0.25) is 0 Å². The van der Waals surface area contributed by atoms with Crippen molar-refractivity contribution in [1.82, 2.24) is 0 Å². The minimum absolute atomic E-state index is 0.739. The first-order valence-electron chi connectivity index (χ1n) is 31.4. The van der Waals surface area contributed by atoms with E-state index in [1.54, 1.807) is 0 Å². The van der Waals surface area contributed by atoms with Crippen LogP contribution in [-0.4, -0.2) is 49.6 Å². The third kappa shape index (κ3) is 21.4. The maximum absolute atomic E-state index is 5.54. The van der Waals surface area contributed by atoms with Crippen LogP contribution in [0.1, 0.15) is 66.8 Å². The quantitative estimate of drug-likeness (QED) is 0.0236. The van der Waals surface area contributed by atoms with Gasteiger partial charge >= 0.3 is 0 Å². The Kier molecular flexibility index (Phi) is 24.2. The van der Waals surface area contributed by atoms with Crippen molar-refractivity contribution in [3.63, 3.8) is 0 Å². The molecule has 0 amide bonds. The second-order valence-electron chi connectivity index (χ2n) is 26.7. The van der Waals surface area contributed by atoms with Crippen LogP contribution in [0.4, 0.5) is 11.4 Å². The molecule has 0 atom stereocenters. The molecule has 0 unspecified atom stereocenters. The molecule has 0 saturated heterocycles. The molecule has 0 bridgehead atoms. The van der Waals surface area contributed by atoms with Crippen molar-refractivity contribution >= 4 is 99.7 Å². The van der Waals surface area contributed by atoms with Crippen LogP contribution in [0.25, 0.3) is 0 Å². The van der Waals surface area contributed by atoms with Gasteiger partial charge in [-0.2, -0.15) is 45.5 Å². The number of azo groups is 1. The number of hydrogen-bond donors (Lipinski definition) is 0. The lowest BCUT2D eigenvalue weighted by atomic mass is 10.1. The zero-order valence-corrected chi connectivity index (χ0v) is 60.8. The normalized spacial score (nSPS) is 11.5. The summed E-state index contributed by atoms with van der Waals surface area (Å²) in [7, 11) is -6.33. The van der Waals surface area contributed by atoms with Gasteiger partial charge in [-0.25, -0.2) is 0 Å². The van der Waals surface area contributed by atoms with E-state index in [9.17, 15) is 0 Å². The first-order valence-corrected chi connectivity index (χ1v) is 48.0. The highest BCUT2D eigenvalue weighted by atomic mass is 32.2. The molecule has 91 heavy (non-hydrogen) atoms. The molecule has 0 radical (unpaired) electrons. The summed E-state index contributed by atoms with van der Waals surface area (Å²) in [5.41, 5.74) is 14.1. The van der Waals surface area contributed by atoms with Crippen molar-refractivity contribution < 1.29 is 0 Å². The Balaban J connectivity index is 1.07. The average Bonchev–Trinajstić information content (AvgIpc) is 0.749. The smallest absolute Gasteiger partial charge is 0.158 e. The van der Waals surface area contributed by atoms with Gasteiger partial charge in [-0.05, 0) is 206 Å². The van der Waals surface area contributed by atoms with Crippen molar-refractivity contribution in [3.8, 4) is 59.7 Å². The van der Waals surface area contributed by atoms with Gasteiger partial charge in [0.25, 0.3) is 0 Å². The molecule has 0 N–H and O–H groups in total. The third-order valence-electron chi connectivity index (χ3n) is 15.4. The maximum Gasteiger partial charge on any atom is 0.179 e. The largest absolute Gasteiger partial charge is 0.179 e. The summed E-state index contributed by atoms with van der Waals surface area (Å²) in [6, 6.07) is 81.7. The van der Waals surface area contributed by atoms with Crippen LogP contribution in [0, 0.1) is 59.7 Å². The van der Waals surface area contributed by atoms with E-state index in [4.69, 9.17) is 6.42 Å². The molecule has 0 aliphatic carbocycles. The van der Waals surface area contributed by atoms with Crippen molar-refractivity contribution in [1.29, 1.82) is 0 Å². The monoisotopic (exact) mass is 1300 g/mol. The second-order valence-corrected chi connectivity index (χ2v) is 50.7. The van der Waals surface area contributed by atoms with Crippen molar-refractivity contribution in [2.45, 2.75) is 94.3 Å². The number of nitrogens with zero attached hydrogens (tertiary/aromatic N) is 2. The molecule has 9 rings (SSSR count). The van der Waals surface area contributed by atoms with Gasteiger partial charge in [-0.15, -0.1) is 6.42 Å². The number of benzene rings is 9. The third-order valence-corrected chi connectivity index (χ3v) is 29.7. The molecule has 0 saturated carbocycles. The minimum Gasteiger partial charge on any atom is -0.158 e. The minimum atomic E-state index is -3.11. The zero-order chi connectivity index (χ0) is 64.1. The van der Waals surface area contributed by atoms with Gasteiger partial charge in [-0.1, -0.05) is 197 Å². The molecular formula is C82H82N2S3Si4. The van der Waals surface area contributed by atoms with E-state index >= 15 is 0 Å². The lowest BCUT2D eigenvalue weighted by Crippen LogP contribution is -2.74. The van der Waals surface area contributed by atoms with Crippen LogP contribution in [0.5, 0.6) is 0 Å². The Morgan fingerprint density at radius 3 is 0.791 bits per heavy atom. The van der Waals surface area contributed by atoms with Gasteiger partial charge in [0.15, 0.2) is 8.07 Å². The first kappa shape index (κ1) is 67.7. The second kappa shape index (κ2) is 32.5. The summed E-state index contributed by atoms with van der Waals surface area (Å²) in [6.07, 6.45) is 5.54. The number of terminal acetylenes is 1. The van der Waals surface area contributed by atoms with E-state index < -0.39 is 32.3 Å². The van der Waals surface area contributed by atoms with E-state index in [0.717, 1.165) is 78.7 Å². The van der Waals surface area contributed by atoms with Gasteiger partial charge in [0.05, 0.1) is 11.4 Å². The molecular weight excluding hydrogens is 1220 g/mol. The summed E-state index contributed by atoms with van der Waals surface area (Å²) in [6.45, 7) is 22.1. The summed E-state index contributed by atoms with van der Waals surface area (Å²) >= 11 is 6.09. The zero-order valence-electron chi connectivity index (χ0n) is 54.3. The van der Waals surface area contributed by atoms with Crippen LogP contribution in [0.3, 0.4) is 0 Å². The Hall–Kier alpha value is -7.70. The average molecular weight is 1300 g/mol. The Labute approximate surface area is 561 Å². The van der Waals surface area contributed by atoms with Crippen LogP contribution in [-0.2, 0) is 17.3 Å². The summed E-state index contributed by atoms with van der Waals surface area (Å²) in [4.78, 5) is 0. The molecule has 0 aliphatic heterocycles. The molecule has 0 spiro atoms. The summed E-state index contributed by atoms with van der Waals surface area (Å²) in [5, 5.41) is 13.8. The molecule has 9 aromatic rings. The van der Waals surface area contributed by atoms with E-state index in [2.05, 4.69) is 292 Å². The highest BCUT2D eigenvalue weighted by Gasteiger charge is 2.41. The predicted octanol–water partition coefficient (Wildman–Crippen LogP) is 18.8. The summed E-state index contributed by atoms with van der Waals surface area (Å²) < 4.78 is 0. The molecule has 0 aliphatic rings. The lowest BCUT2D eigenvalue weighted by Gasteiger charge is -2.34. The lowest BCUT2D eigenvalue weighted by molar-refractivity contribution is 1.23. The summed E-state index contributed by atoms with van der Waals surface area (Å²) in [5.74, 6) is 37.3. The fraction of sp³-hybridized carbons (Fsp3) is 0.220. The van der Waals surface area contributed by atoms with Gasteiger partial charge in [-0.3, -0.25) is 0 Å².